The number of hydrogen-bond donors (Lipinski definition) is 1. The fourth-order valence-corrected chi connectivity index (χ4v) is 3.60. The van der Waals surface area contributed by atoms with Crippen molar-refractivity contribution < 1.29 is 49.0 Å². The van der Waals surface area contributed by atoms with Crippen molar-refractivity contribution >= 4 is 11.9 Å². The summed E-state index contributed by atoms with van der Waals surface area (Å²) in [6.45, 7) is 1.14. The van der Waals surface area contributed by atoms with Gasteiger partial charge in [0.25, 0.3) is 0 Å². The van der Waals surface area contributed by atoms with E-state index in [2.05, 4.69) is 17.4 Å². The Labute approximate surface area is 180 Å². The van der Waals surface area contributed by atoms with Gasteiger partial charge in [-0.3, -0.25) is 4.79 Å². The number of ether oxygens (including phenoxy) is 1. The molecule has 134 valence electrons. The van der Waals surface area contributed by atoms with Crippen LogP contribution in [0.3, 0.4) is 0 Å². The first-order valence-corrected chi connectivity index (χ1v) is 8.95. The van der Waals surface area contributed by atoms with E-state index in [0.717, 1.165) is 35.5 Å². The van der Waals surface area contributed by atoms with Gasteiger partial charge in [0.05, 0.1) is 6.61 Å². The molecule has 0 saturated heterocycles. The molecule has 5 nitrogen and oxygen atoms in total. The Bertz CT molecular complexity index is 850. The van der Waals surface area contributed by atoms with Gasteiger partial charge in [0.1, 0.15) is 5.75 Å². The predicted molar refractivity (Wildman–Crippen MR) is 94.1 cm³/mol. The summed E-state index contributed by atoms with van der Waals surface area (Å²) in [4.78, 5) is 23.0. The van der Waals surface area contributed by atoms with Crippen LogP contribution in [0.1, 0.15) is 24.0 Å². The minimum atomic E-state index is -1.12. The molecule has 0 radical (unpaired) electrons. The molecule has 1 saturated carbocycles. The molecule has 27 heavy (non-hydrogen) atoms. The van der Waals surface area contributed by atoms with E-state index in [-0.39, 0.29) is 35.5 Å². The summed E-state index contributed by atoms with van der Waals surface area (Å²) in [6, 6.07) is 14.3. The van der Waals surface area contributed by atoms with Crippen molar-refractivity contribution in [1.29, 1.82) is 0 Å². The van der Waals surface area contributed by atoms with Crippen LogP contribution in [0.25, 0.3) is 11.1 Å². The molecule has 2 atom stereocenters. The number of benzene rings is 2. The first-order valence-electron chi connectivity index (χ1n) is 8.95. The third kappa shape index (κ3) is 4.21. The van der Waals surface area contributed by atoms with Gasteiger partial charge in [0.15, 0.2) is 0 Å². The predicted octanol–water partition coefficient (Wildman–Crippen LogP) is -1.32. The minimum Gasteiger partial charge on any atom is -0.550 e. The largest absolute Gasteiger partial charge is 1.00 e. The minimum absolute atomic E-state index is 0. The molecule has 1 fully saturated rings. The summed E-state index contributed by atoms with van der Waals surface area (Å²) < 4.78 is 5.54. The summed E-state index contributed by atoms with van der Waals surface area (Å²) >= 11 is 0. The molecule has 1 amide bonds. The second-order valence-corrected chi connectivity index (χ2v) is 6.95. The van der Waals surface area contributed by atoms with Crippen molar-refractivity contribution in [1.82, 2.24) is 5.32 Å². The maximum atomic E-state index is 12.1. The zero-order chi connectivity index (χ0) is 18.1. The second kappa shape index (κ2) is 8.46. The number of carbonyl (C=O) groups is 2. The SMILES string of the molecule is O=C([O-])[C@H]1CC[C@H]1C(=O)NCc1ccc(-c2ccc3c(c2)CCO3)cc1.[Na+]. The van der Waals surface area contributed by atoms with E-state index in [9.17, 15) is 14.7 Å². The van der Waals surface area contributed by atoms with Gasteiger partial charge in [-0.1, -0.05) is 30.3 Å². The van der Waals surface area contributed by atoms with Crippen LogP contribution in [0.2, 0.25) is 0 Å². The van der Waals surface area contributed by atoms with Gasteiger partial charge in [-0.25, -0.2) is 0 Å². The van der Waals surface area contributed by atoms with Crippen molar-refractivity contribution in [3.8, 4) is 16.9 Å². The molecular formula is C21H20NNaO4. The number of amides is 1. The maximum absolute atomic E-state index is 12.1. The number of carboxylic acid groups (broad SMARTS) is 1. The Kier molecular flexibility index (Phi) is 6.25. The Morgan fingerprint density at radius 1 is 1.04 bits per heavy atom. The van der Waals surface area contributed by atoms with Gasteiger partial charge in [-0.15, -0.1) is 0 Å². The molecule has 2 aliphatic rings. The van der Waals surface area contributed by atoms with E-state index < -0.39 is 17.8 Å². The molecule has 1 aliphatic heterocycles. The van der Waals surface area contributed by atoms with Gasteiger partial charge < -0.3 is 20.0 Å². The van der Waals surface area contributed by atoms with Crippen LogP contribution in [0.15, 0.2) is 42.5 Å². The summed E-state index contributed by atoms with van der Waals surface area (Å²) in [5.41, 5.74) is 4.49. The summed E-state index contributed by atoms with van der Waals surface area (Å²) in [5.74, 6) is -1.44. The van der Waals surface area contributed by atoms with E-state index in [1.54, 1.807) is 0 Å². The van der Waals surface area contributed by atoms with Crippen molar-refractivity contribution in [2.45, 2.75) is 25.8 Å². The monoisotopic (exact) mass is 373 g/mol. The topological polar surface area (TPSA) is 78.5 Å². The van der Waals surface area contributed by atoms with Crippen molar-refractivity contribution in [3.63, 3.8) is 0 Å². The summed E-state index contributed by atoms with van der Waals surface area (Å²) in [5, 5.41) is 13.7. The smallest absolute Gasteiger partial charge is 0.550 e. The molecule has 0 aromatic heterocycles. The van der Waals surface area contributed by atoms with Crippen LogP contribution in [-0.4, -0.2) is 18.5 Å². The molecule has 0 bridgehead atoms. The van der Waals surface area contributed by atoms with Gasteiger partial charge >= 0.3 is 29.6 Å². The third-order valence-corrected chi connectivity index (χ3v) is 5.36. The average Bonchev–Trinajstić information content (AvgIpc) is 3.06. The number of carbonyl (C=O) groups excluding carboxylic acids is 2. The molecule has 1 N–H and O–H groups in total. The first kappa shape index (κ1) is 19.9. The van der Waals surface area contributed by atoms with E-state index in [4.69, 9.17) is 4.74 Å². The van der Waals surface area contributed by atoms with Crippen LogP contribution in [0, 0.1) is 11.8 Å². The molecule has 1 aliphatic carbocycles. The molecule has 2 aromatic rings. The fraction of sp³-hybridized carbons (Fsp3) is 0.333. The van der Waals surface area contributed by atoms with Crippen molar-refractivity contribution in [3.05, 3.63) is 53.6 Å². The van der Waals surface area contributed by atoms with E-state index in [1.807, 2.05) is 30.3 Å². The number of nitrogens with one attached hydrogen (secondary N) is 1. The molecule has 2 aromatic carbocycles. The Morgan fingerprint density at radius 2 is 1.74 bits per heavy atom. The van der Waals surface area contributed by atoms with Crippen LogP contribution >= 0.6 is 0 Å². The normalized spacial score (nSPS) is 19.9. The number of rotatable bonds is 5. The molecule has 0 spiro atoms. The zero-order valence-corrected chi connectivity index (χ0v) is 17.4. The standard InChI is InChI=1S/C21H21NO4.Na/c23-20(17-6-7-18(17)21(24)25)22-12-13-1-3-14(4-2-13)15-5-8-19-16(11-15)9-10-26-19;/h1-5,8,11,17-18H,6-7,9-10,12H2,(H,22,23)(H,24,25);/q;+1/p-1/t17-,18+;/m1./s1. The zero-order valence-electron chi connectivity index (χ0n) is 15.4. The summed E-state index contributed by atoms with van der Waals surface area (Å²) in [6.07, 6.45) is 2.09. The Balaban J connectivity index is 0.00000210. The van der Waals surface area contributed by atoms with E-state index >= 15 is 0 Å². The van der Waals surface area contributed by atoms with Gasteiger partial charge in [0.2, 0.25) is 5.91 Å². The molecule has 0 unspecified atom stereocenters. The molecule has 1 heterocycles. The average molecular weight is 373 g/mol. The van der Waals surface area contributed by atoms with Gasteiger partial charge in [-0.05, 0) is 47.2 Å². The van der Waals surface area contributed by atoms with Crippen LogP contribution in [-0.2, 0) is 22.6 Å². The van der Waals surface area contributed by atoms with E-state index in [1.165, 1.54) is 5.56 Å². The number of carboxylic acids is 1. The molecule has 4 rings (SSSR count). The second-order valence-electron chi connectivity index (χ2n) is 6.95. The quantitative estimate of drug-likeness (QED) is 0.660. The number of fused-ring (bicyclic) bond motifs is 1. The molecular weight excluding hydrogens is 353 g/mol. The van der Waals surface area contributed by atoms with Crippen LogP contribution in [0.4, 0.5) is 0 Å². The van der Waals surface area contributed by atoms with Crippen molar-refractivity contribution in [2.75, 3.05) is 6.61 Å². The van der Waals surface area contributed by atoms with Crippen LogP contribution < -0.4 is 44.7 Å². The maximum Gasteiger partial charge on any atom is 1.00 e. The van der Waals surface area contributed by atoms with Crippen molar-refractivity contribution in [2.24, 2.45) is 11.8 Å². The van der Waals surface area contributed by atoms with E-state index in [0.29, 0.717) is 19.4 Å². The van der Waals surface area contributed by atoms with Gasteiger partial charge in [-0.2, -0.15) is 0 Å². The van der Waals surface area contributed by atoms with Crippen LogP contribution in [0.5, 0.6) is 5.75 Å². The Hall–Kier alpha value is -1.82. The third-order valence-electron chi connectivity index (χ3n) is 5.36. The first-order chi connectivity index (χ1) is 12.6. The van der Waals surface area contributed by atoms with Gasteiger partial charge in [0, 0.05) is 30.8 Å². The fourth-order valence-electron chi connectivity index (χ4n) is 3.60. The Morgan fingerprint density at radius 3 is 2.41 bits per heavy atom. The summed E-state index contributed by atoms with van der Waals surface area (Å²) in [7, 11) is 0. The number of hydrogen-bond acceptors (Lipinski definition) is 4. The number of aliphatic carboxylic acids is 1. The molecule has 6 heteroatoms.